The van der Waals surface area contributed by atoms with E-state index in [1.807, 2.05) is 4.90 Å². The molecule has 7 heteroatoms. The molecule has 162 valence electrons. The van der Waals surface area contributed by atoms with Crippen molar-refractivity contribution >= 4 is 23.4 Å². The van der Waals surface area contributed by atoms with Crippen LogP contribution in [0.5, 0.6) is 0 Å². The van der Waals surface area contributed by atoms with E-state index in [9.17, 15) is 14.4 Å². The van der Waals surface area contributed by atoms with E-state index in [1.165, 1.54) is 6.92 Å². The lowest BCUT2D eigenvalue weighted by Gasteiger charge is -2.44. The number of rotatable bonds is 5. The van der Waals surface area contributed by atoms with Crippen LogP contribution < -0.4 is 5.32 Å². The minimum Gasteiger partial charge on any atom is -0.381 e. The summed E-state index contributed by atoms with van der Waals surface area (Å²) in [5.74, 6) is 0.308. The maximum Gasteiger partial charge on any atom is 0.253 e. The molecule has 2 heterocycles. The van der Waals surface area contributed by atoms with Gasteiger partial charge in [0.1, 0.15) is 0 Å². The van der Waals surface area contributed by atoms with Crippen LogP contribution >= 0.6 is 0 Å². The number of benzene rings is 1. The fourth-order valence-corrected chi connectivity index (χ4v) is 4.61. The Morgan fingerprint density at radius 3 is 2.33 bits per heavy atom. The van der Waals surface area contributed by atoms with Crippen molar-refractivity contribution in [1.82, 2.24) is 9.80 Å². The van der Waals surface area contributed by atoms with Crippen LogP contribution in [-0.4, -0.2) is 65.9 Å². The topological polar surface area (TPSA) is 79.0 Å². The van der Waals surface area contributed by atoms with E-state index in [4.69, 9.17) is 4.74 Å². The smallest absolute Gasteiger partial charge is 0.253 e. The average Bonchev–Trinajstić information content (AvgIpc) is 3.60. The number of likely N-dealkylation sites (tertiary alicyclic amines) is 1. The second-order valence-corrected chi connectivity index (χ2v) is 8.67. The molecule has 1 unspecified atom stereocenters. The monoisotopic (exact) mass is 413 g/mol. The van der Waals surface area contributed by atoms with Crippen molar-refractivity contribution in [2.24, 2.45) is 5.92 Å². The van der Waals surface area contributed by atoms with Crippen LogP contribution in [0.4, 0.5) is 5.69 Å². The average molecular weight is 414 g/mol. The van der Waals surface area contributed by atoms with E-state index in [0.717, 1.165) is 38.5 Å². The Balaban J connectivity index is 1.46. The normalized spacial score (nSPS) is 22.4. The van der Waals surface area contributed by atoms with Gasteiger partial charge in [0.15, 0.2) is 0 Å². The minimum atomic E-state index is -0.138. The highest BCUT2D eigenvalue weighted by Crippen LogP contribution is 2.35. The molecule has 1 aromatic carbocycles. The third kappa shape index (κ3) is 4.83. The molecule has 1 atom stereocenters. The van der Waals surface area contributed by atoms with Crippen molar-refractivity contribution in [1.29, 1.82) is 0 Å². The lowest BCUT2D eigenvalue weighted by atomic mass is 9.97. The lowest BCUT2D eigenvalue weighted by Crippen LogP contribution is -2.56. The highest BCUT2D eigenvalue weighted by atomic mass is 16.5. The third-order valence-corrected chi connectivity index (χ3v) is 6.29. The van der Waals surface area contributed by atoms with Gasteiger partial charge in [0.25, 0.3) is 5.91 Å². The van der Waals surface area contributed by atoms with E-state index in [0.29, 0.717) is 37.6 Å². The predicted octanol–water partition coefficient (Wildman–Crippen LogP) is 2.67. The first-order valence-corrected chi connectivity index (χ1v) is 11.1. The molecule has 1 saturated carbocycles. The second-order valence-electron chi connectivity index (χ2n) is 8.67. The van der Waals surface area contributed by atoms with Gasteiger partial charge in [0.2, 0.25) is 11.8 Å². The number of piperidine rings is 1. The number of amides is 3. The van der Waals surface area contributed by atoms with E-state index >= 15 is 0 Å². The molecule has 1 N–H and O–H groups in total. The second kappa shape index (κ2) is 9.16. The van der Waals surface area contributed by atoms with E-state index in [1.54, 1.807) is 24.3 Å². The quantitative estimate of drug-likeness (QED) is 0.805. The Hall–Kier alpha value is -2.41. The number of hydrogen-bond acceptors (Lipinski definition) is 4. The van der Waals surface area contributed by atoms with Crippen LogP contribution in [-0.2, 0) is 14.3 Å². The standard InChI is InChI=1S/C23H31N3O4/c1-16(27)24-19-8-6-17(7-9-19)22(28)25-12-2-3-21(15-25)26(23(29)18-4-5-18)20-10-13-30-14-11-20/h6-9,18,20-21H,2-5,10-15H2,1H3,(H,24,27). The SMILES string of the molecule is CC(=O)Nc1ccc(C(=O)N2CCCC(N(C(=O)C3CC3)C3CCOCC3)C2)cc1. The van der Waals surface area contributed by atoms with Crippen molar-refractivity contribution in [3.63, 3.8) is 0 Å². The van der Waals surface area contributed by atoms with Crippen LogP contribution in [0.25, 0.3) is 0 Å². The van der Waals surface area contributed by atoms with Crippen LogP contribution in [0.1, 0.15) is 55.8 Å². The maximum absolute atomic E-state index is 13.1. The Kier molecular flexibility index (Phi) is 6.37. The Morgan fingerprint density at radius 1 is 1.00 bits per heavy atom. The zero-order valence-corrected chi connectivity index (χ0v) is 17.6. The Labute approximate surface area is 177 Å². The number of nitrogens with one attached hydrogen (secondary N) is 1. The molecular weight excluding hydrogens is 382 g/mol. The van der Waals surface area contributed by atoms with E-state index in [2.05, 4.69) is 10.2 Å². The Morgan fingerprint density at radius 2 is 1.70 bits per heavy atom. The Bertz CT molecular complexity index is 784. The zero-order valence-electron chi connectivity index (χ0n) is 17.6. The fraction of sp³-hybridized carbons (Fsp3) is 0.609. The summed E-state index contributed by atoms with van der Waals surface area (Å²) >= 11 is 0. The minimum absolute atomic E-state index is 0.0140. The number of hydrogen-bond donors (Lipinski definition) is 1. The van der Waals surface area contributed by atoms with Crippen LogP contribution in [0.15, 0.2) is 24.3 Å². The van der Waals surface area contributed by atoms with Gasteiger partial charge in [-0.3, -0.25) is 14.4 Å². The molecule has 4 rings (SSSR count). The first kappa shape index (κ1) is 20.8. The summed E-state index contributed by atoms with van der Waals surface area (Å²) in [6.07, 6.45) is 5.60. The van der Waals surface area contributed by atoms with Crippen molar-refractivity contribution in [3.05, 3.63) is 29.8 Å². The summed E-state index contributed by atoms with van der Waals surface area (Å²) < 4.78 is 5.52. The van der Waals surface area contributed by atoms with Crippen LogP contribution in [0.2, 0.25) is 0 Å². The predicted molar refractivity (Wildman–Crippen MR) is 113 cm³/mol. The van der Waals surface area contributed by atoms with Gasteiger partial charge in [-0.15, -0.1) is 0 Å². The summed E-state index contributed by atoms with van der Waals surface area (Å²) in [5.41, 5.74) is 1.28. The molecule has 0 aromatic heterocycles. The molecule has 3 fully saturated rings. The first-order valence-electron chi connectivity index (χ1n) is 11.1. The van der Waals surface area contributed by atoms with Crippen molar-refractivity contribution in [3.8, 4) is 0 Å². The molecule has 0 bridgehead atoms. The highest BCUT2D eigenvalue weighted by molar-refractivity contribution is 5.95. The van der Waals surface area contributed by atoms with Gasteiger partial charge in [-0.2, -0.15) is 0 Å². The van der Waals surface area contributed by atoms with E-state index < -0.39 is 0 Å². The van der Waals surface area contributed by atoms with Gasteiger partial charge < -0.3 is 19.9 Å². The molecule has 2 aliphatic heterocycles. The van der Waals surface area contributed by atoms with Gasteiger partial charge in [0.05, 0.1) is 0 Å². The molecule has 1 aromatic rings. The molecule has 2 saturated heterocycles. The number of carbonyl (C=O) groups is 3. The lowest BCUT2D eigenvalue weighted by molar-refractivity contribution is -0.141. The van der Waals surface area contributed by atoms with Gasteiger partial charge in [-0.1, -0.05) is 0 Å². The summed E-state index contributed by atoms with van der Waals surface area (Å²) in [7, 11) is 0. The third-order valence-electron chi connectivity index (χ3n) is 6.29. The highest BCUT2D eigenvalue weighted by Gasteiger charge is 2.41. The number of anilines is 1. The first-order chi connectivity index (χ1) is 14.5. The summed E-state index contributed by atoms with van der Waals surface area (Å²) in [4.78, 5) is 41.4. The zero-order chi connectivity index (χ0) is 21.1. The van der Waals surface area contributed by atoms with Crippen LogP contribution in [0, 0.1) is 5.92 Å². The van der Waals surface area contributed by atoms with E-state index in [-0.39, 0.29) is 35.7 Å². The maximum atomic E-state index is 13.1. The largest absolute Gasteiger partial charge is 0.381 e. The van der Waals surface area contributed by atoms with Gasteiger partial charge >= 0.3 is 0 Å². The summed E-state index contributed by atoms with van der Waals surface area (Å²) in [6.45, 7) is 4.16. The molecule has 3 aliphatic rings. The van der Waals surface area contributed by atoms with Crippen molar-refractivity contribution in [2.45, 2.75) is 57.5 Å². The van der Waals surface area contributed by atoms with Crippen molar-refractivity contribution < 1.29 is 19.1 Å². The molecule has 0 spiro atoms. The number of nitrogens with zero attached hydrogens (tertiary/aromatic N) is 2. The molecular formula is C23H31N3O4. The number of ether oxygens (including phenoxy) is 1. The fourth-order valence-electron chi connectivity index (χ4n) is 4.61. The molecule has 7 nitrogen and oxygen atoms in total. The van der Waals surface area contributed by atoms with Gasteiger partial charge in [-0.05, 0) is 62.8 Å². The van der Waals surface area contributed by atoms with Gasteiger partial charge in [0, 0.05) is 62.5 Å². The van der Waals surface area contributed by atoms with Crippen molar-refractivity contribution in [2.75, 3.05) is 31.6 Å². The molecule has 3 amide bonds. The van der Waals surface area contributed by atoms with Crippen LogP contribution in [0.3, 0.4) is 0 Å². The molecule has 30 heavy (non-hydrogen) atoms. The molecule has 0 radical (unpaired) electrons. The number of carbonyl (C=O) groups excluding carboxylic acids is 3. The summed E-state index contributed by atoms with van der Waals surface area (Å²) in [6, 6.07) is 7.31. The van der Waals surface area contributed by atoms with Gasteiger partial charge in [-0.25, -0.2) is 0 Å². The summed E-state index contributed by atoms with van der Waals surface area (Å²) in [5, 5.41) is 2.72. The molecule has 1 aliphatic carbocycles.